The lowest BCUT2D eigenvalue weighted by atomic mass is 10.3. The van der Waals surface area contributed by atoms with E-state index in [1.807, 2.05) is 0 Å². The van der Waals surface area contributed by atoms with Crippen LogP contribution in [0.25, 0.3) is 0 Å². The molecule has 0 heterocycles. The number of rotatable bonds is 7. The summed E-state index contributed by atoms with van der Waals surface area (Å²) < 4.78 is 0. The van der Waals surface area contributed by atoms with Gasteiger partial charge in [0.2, 0.25) is 0 Å². The molecule has 1 nitrogen and oxygen atoms in total. The van der Waals surface area contributed by atoms with Crippen LogP contribution in [0.5, 0.6) is 0 Å². The number of halogens is 1. The minimum Gasteiger partial charge on any atom is -1.00 e. The molecule has 0 radical (unpaired) electrons. The van der Waals surface area contributed by atoms with Gasteiger partial charge in [-0.05, 0) is 56.9 Å². The van der Waals surface area contributed by atoms with Crippen LogP contribution in [0.2, 0.25) is 0 Å². The first kappa shape index (κ1) is 20.6. The van der Waals surface area contributed by atoms with Gasteiger partial charge in [0.15, 0.2) is 0 Å². The Labute approximate surface area is 164 Å². The fraction of sp³-hybridized carbons (Fsp3) is 0.217. The first-order valence-electron chi connectivity index (χ1n) is 8.93. The van der Waals surface area contributed by atoms with Gasteiger partial charge in [-0.2, -0.15) is 0 Å². The van der Waals surface area contributed by atoms with Crippen molar-refractivity contribution in [3.05, 3.63) is 91.0 Å². The molecule has 26 heavy (non-hydrogen) atoms. The van der Waals surface area contributed by atoms with E-state index in [2.05, 4.69) is 110 Å². The van der Waals surface area contributed by atoms with Crippen molar-refractivity contribution in [1.29, 1.82) is 0 Å². The van der Waals surface area contributed by atoms with Crippen LogP contribution in [0.4, 0.5) is 0 Å². The third-order valence-electron chi connectivity index (χ3n) is 4.69. The molecule has 0 aromatic heterocycles. The van der Waals surface area contributed by atoms with Crippen LogP contribution < -0.4 is 28.3 Å². The summed E-state index contributed by atoms with van der Waals surface area (Å²) in [4.78, 5) is 2.29. The smallest absolute Gasteiger partial charge is 0.112 e. The van der Waals surface area contributed by atoms with Gasteiger partial charge in [0.1, 0.15) is 23.2 Å². The van der Waals surface area contributed by atoms with Crippen LogP contribution in [0, 0.1) is 0 Å². The standard InChI is InChI=1S/C23H27NP.ClH/c1-24(2)19-12-20-25(21-13-6-3-7-14-21,22-15-8-4-9-16-22)23-17-10-5-11-18-23;/h3-11,13-18H,12,19-20H2,1-2H3;1H/q+1;/p-1. The Morgan fingerprint density at radius 3 is 1.27 bits per heavy atom. The number of hydrogen-bond donors (Lipinski definition) is 0. The molecule has 0 saturated heterocycles. The van der Waals surface area contributed by atoms with Gasteiger partial charge in [-0.3, -0.25) is 0 Å². The molecule has 3 aromatic carbocycles. The molecule has 0 saturated carbocycles. The van der Waals surface area contributed by atoms with Gasteiger partial charge in [-0.1, -0.05) is 54.6 Å². The van der Waals surface area contributed by atoms with E-state index >= 15 is 0 Å². The minimum absolute atomic E-state index is 0. The predicted octanol–water partition coefficient (Wildman–Crippen LogP) is 0.936. The van der Waals surface area contributed by atoms with Gasteiger partial charge in [-0.15, -0.1) is 0 Å². The molecule has 0 fully saturated rings. The van der Waals surface area contributed by atoms with Crippen molar-refractivity contribution >= 4 is 23.2 Å². The van der Waals surface area contributed by atoms with Gasteiger partial charge in [-0.25, -0.2) is 0 Å². The van der Waals surface area contributed by atoms with Gasteiger partial charge in [0, 0.05) is 6.54 Å². The summed E-state index contributed by atoms with van der Waals surface area (Å²) in [5.41, 5.74) is 0. The quantitative estimate of drug-likeness (QED) is 0.549. The molecule has 0 spiro atoms. The Morgan fingerprint density at radius 2 is 0.962 bits per heavy atom. The molecule has 136 valence electrons. The van der Waals surface area contributed by atoms with Crippen molar-refractivity contribution in [2.24, 2.45) is 0 Å². The van der Waals surface area contributed by atoms with E-state index in [1.165, 1.54) is 28.5 Å². The fourth-order valence-corrected chi connectivity index (χ4v) is 7.83. The summed E-state index contributed by atoms with van der Waals surface area (Å²) in [7, 11) is 2.68. The van der Waals surface area contributed by atoms with Crippen molar-refractivity contribution in [2.45, 2.75) is 6.42 Å². The highest BCUT2D eigenvalue weighted by atomic mass is 35.5. The van der Waals surface area contributed by atoms with Gasteiger partial charge in [0.25, 0.3) is 0 Å². The van der Waals surface area contributed by atoms with E-state index in [0.717, 1.165) is 6.54 Å². The zero-order valence-electron chi connectivity index (χ0n) is 15.6. The molecule has 0 amide bonds. The fourth-order valence-electron chi connectivity index (χ4n) is 3.51. The molecule has 0 aliphatic carbocycles. The number of benzene rings is 3. The summed E-state index contributed by atoms with van der Waals surface area (Å²) in [6.45, 7) is 1.12. The van der Waals surface area contributed by atoms with Crippen LogP contribution in [-0.4, -0.2) is 31.7 Å². The van der Waals surface area contributed by atoms with Crippen molar-refractivity contribution in [2.75, 3.05) is 26.8 Å². The van der Waals surface area contributed by atoms with E-state index in [-0.39, 0.29) is 12.4 Å². The van der Waals surface area contributed by atoms with E-state index < -0.39 is 7.26 Å². The summed E-state index contributed by atoms with van der Waals surface area (Å²) >= 11 is 0. The molecule has 0 atom stereocenters. The highest BCUT2D eigenvalue weighted by molar-refractivity contribution is 7.95. The second kappa shape index (κ2) is 9.88. The largest absolute Gasteiger partial charge is 1.00 e. The van der Waals surface area contributed by atoms with Crippen molar-refractivity contribution < 1.29 is 12.4 Å². The molecule has 0 unspecified atom stereocenters. The lowest BCUT2D eigenvalue weighted by Gasteiger charge is -2.28. The molecule has 3 heteroatoms. The second-order valence-electron chi connectivity index (χ2n) is 6.70. The average molecular weight is 384 g/mol. The molecule has 0 aliphatic heterocycles. The Bertz CT molecular complexity index is 663. The molecule has 3 rings (SSSR count). The van der Waals surface area contributed by atoms with Crippen LogP contribution >= 0.6 is 7.26 Å². The highest BCUT2D eigenvalue weighted by Crippen LogP contribution is 2.55. The second-order valence-corrected chi connectivity index (χ2v) is 10.3. The zero-order valence-corrected chi connectivity index (χ0v) is 17.2. The molecule has 0 aliphatic rings. The first-order chi connectivity index (χ1) is 12.2. The zero-order chi connectivity index (χ0) is 17.5. The van der Waals surface area contributed by atoms with Crippen LogP contribution in [0.15, 0.2) is 91.0 Å². The van der Waals surface area contributed by atoms with E-state index in [0.29, 0.717) is 0 Å². The first-order valence-corrected chi connectivity index (χ1v) is 10.9. The Balaban J connectivity index is 0.00000243. The maximum absolute atomic E-state index is 2.32. The maximum atomic E-state index is 2.32. The van der Waals surface area contributed by atoms with E-state index in [4.69, 9.17) is 0 Å². The molecule has 3 aromatic rings. The van der Waals surface area contributed by atoms with Gasteiger partial charge >= 0.3 is 0 Å². The topological polar surface area (TPSA) is 3.24 Å². The van der Waals surface area contributed by atoms with Crippen molar-refractivity contribution in [3.63, 3.8) is 0 Å². The predicted molar refractivity (Wildman–Crippen MR) is 113 cm³/mol. The maximum Gasteiger partial charge on any atom is 0.112 e. The monoisotopic (exact) mass is 383 g/mol. The Morgan fingerprint density at radius 1 is 0.615 bits per heavy atom. The lowest BCUT2D eigenvalue weighted by Crippen LogP contribution is -3.00. The van der Waals surface area contributed by atoms with Crippen LogP contribution in [0.1, 0.15) is 6.42 Å². The summed E-state index contributed by atoms with van der Waals surface area (Å²) in [5, 5.41) is 4.43. The molecule has 0 bridgehead atoms. The van der Waals surface area contributed by atoms with Crippen LogP contribution in [-0.2, 0) is 0 Å². The van der Waals surface area contributed by atoms with Gasteiger partial charge in [0.05, 0.1) is 6.16 Å². The third kappa shape index (κ3) is 4.54. The Kier molecular flexibility index (Phi) is 7.85. The molecular formula is C23H27ClNP. The number of hydrogen-bond acceptors (Lipinski definition) is 1. The third-order valence-corrected chi connectivity index (χ3v) is 9.22. The molecular weight excluding hydrogens is 357 g/mol. The highest BCUT2D eigenvalue weighted by Gasteiger charge is 2.44. The normalized spacial score (nSPS) is 11.2. The summed E-state index contributed by atoms with van der Waals surface area (Å²) in [6, 6.07) is 33.4. The summed E-state index contributed by atoms with van der Waals surface area (Å²) in [5.74, 6) is 0. The Hall–Kier alpha value is -1.66. The van der Waals surface area contributed by atoms with Gasteiger partial charge < -0.3 is 17.3 Å². The van der Waals surface area contributed by atoms with E-state index in [9.17, 15) is 0 Å². The van der Waals surface area contributed by atoms with Crippen molar-refractivity contribution in [3.8, 4) is 0 Å². The SMILES string of the molecule is CN(C)CCC[P+](c1ccccc1)(c1ccccc1)c1ccccc1.[Cl-]. The lowest BCUT2D eigenvalue weighted by molar-refractivity contribution is -0.00000503. The number of nitrogens with zero attached hydrogens (tertiary/aromatic N) is 1. The average Bonchev–Trinajstić information content (AvgIpc) is 2.67. The van der Waals surface area contributed by atoms with Crippen LogP contribution in [0.3, 0.4) is 0 Å². The molecule has 0 N–H and O–H groups in total. The van der Waals surface area contributed by atoms with E-state index in [1.54, 1.807) is 0 Å². The summed E-state index contributed by atoms with van der Waals surface area (Å²) in [6.07, 6.45) is 2.39. The van der Waals surface area contributed by atoms with Crippen molar-refractivity contribution in [1.82, 2.24) is 4.90 Å². The minimum atomic E-state index is -1.64.